The standard InChI is InChI=1S/C6H7O2/c1-2-3-4-5-6(7)8/h2,4-5H,1,3H2/b5-4+. The minimum Gasteiger partial charge on any atom is -0.242 e. The van der Waals surface area contributed by atoms with Gasteiger partial charge >= 0.3 is 5.97 Å². The SMILES string of the molecule is C=CC/C=C/C([O])=O. The molecule has 0 saturated heterocycles. The van der Waals surface area contributed by atoms with Crippen LogP contribution >= 0.6 is 0 Å². The smallest absolute Gasteiger partial charge is 0.242 e. The van der Waals surface area contributed by atoms with Crippen LogP contribution in [-0.4, -0.2) is 5.97 Å². The van der Waals surface area contributed by atoms with E-state index in [4.69, 9.17) is 0 Å². The fraction of sp³-hybridized carbons (Fsp3) is 0.167. The second-order valence-corrected chi connectivity index (χ2v) is 1.25. The third-order valence-corrected chi connectivity index (χ3v) is 0.557. The first-order valence-corrected chi connectivity index (χ1v) is 2.26. The molecular weight excluding hydrogens is 104 g/mol. The molecule has 2 nitrogen and oxygen atoms in total. The van der Waals surface area contributed by atoms with E-state index in [0.717, 1.165) is 6.08 Å². The van der Waals surface area contributed by atoms with Crippen LogP contribution in [-0.2, 0) is 9.90 Å². The Kier molecular flexibility index (Phi) is 3.58. The Bertz CT molecular complexity index is 114. The maximum atomic E-state index is 9.64. The number of carbonyl (C=O) groups excluding carboxylic acids is 1. The summed E-state index contributed by atoms with van der Waals surface area (Å²) in [5.41, 5.74) is 0. The van der Waals surface area contributed by atoms with Gasteiger partial charge in [-0.2, -0.15) is 0 Å². The van der Waals surface area contributed by atoms with Crippen LogP contribution in [0.2, 0.25) is 0 Å². The highest BCUT2D eigenvalue weighted by atomic mass is 16.4. The van der Waals surface area contributed by atoms with Crippen LogP contribution in [0.5, 0.6) is 0 Å². The van der Waals surface area contributed by atoms with Gasteiger partial charge in [0.1, 0.15) is 0 Å². The van der Waals surface area contributed by atoms with E-state index in [1.54, 1.807) is 6.08 Å². The third-order valence-electron chi connectivity index (χ3n) is 0.557. The summed E-state index contributed by atoms with van der Waals surface area (Å²) in [7, 11) is 0. The number of carbonyl (C=O) groups is 1. The van der Waals surface area contributed by atoms with Gasteiger partial charge in [-0.15, -0.1) is 6.58 Å². The van der Waals surface area contributed by atoms with Crippen LogP contribution in [0.4, 0.5) is 0 Å². The summed E-state index contributed by atoms with van der Waals surface area (Å²) in [5, 5.41) is 9.64. The van der Waals surface area contributed by atoms with Gasteiger partial charge in [0.25, 0.3) is 0 Å². The molecule has 0 aromatic rings. The van der Waals surface area contributed by atoms with Gasteiger partial charge in [-0.25, -0.2) is 9.90 Å². The van der Waals surface area contributed by atoms with Crippen molar-refractivity contribution in [3.63, 3.8) is 0 Å². The van der Waals surface area contributed by atoms with Gasteiger partial charge in [-0.1, -0.05) is 12.2 Å². The lowest BCUT2D eigenvalue weighted by molar-refractivity contribution is -0.137. The van der Waals surface area contributed by atoms with E-state index >= 15 is 0 Å². The fourth-order valence-corrected chi connectivity index (χ4v) is 0.260. The summed E-state index contributed by atoms with van der Waals surface area (Å²) in [6.45, 7) is 3.39. The van der Waals surface area contributed by atoms with E-state index in [9.17, 15) is 9.90 Å². The Labute approximate surface area is 48.1 Å². The molecule has 0 atom stereocenters. The maximum absolute atomic E-state index is 9.64. The molecule has 0 aliphatic heterocycles. The molecule has 2 heteroatoms. The Hall–Kier alpha value is -1.05. The second-order valence-electron chi connectivity index (χ2n) is 1.25. The fourth-order valence-electron chi connectivity index (χ4n) is 0.260. The van der Waals surface area contributed by atoms with Crippen molar-refractivity contribution in [1.82, 2.24) is 0 Å². The molecule has 0 aromatic carbocycles. The molecule has 0 aromatic heterocycles. The molecule has 0 amide bonds. The van der Waals surface area contributed by atoms with Gasteiger partial charge in [-0.3, -0.25) is 0 Å². The lowest BCUT2D eigenvalue weighted by atomic mass is 10.4. The van der Waals surface area contributed by atoms with Gasteiger partial charge in [0.05, 0.1) is 0 Å². The van der Waals surface area contributed by atoms with E-state index in [1.807, 2.05) is 0 Å². The Balaban J connectivity index is 3.34. The monoisotopic (exact) mass is 111 g/mol. The van der Waals surface area contributed by atoms with Crippen molar-refractivity contribution in [3.8, 4) is 0 Å². The van der Waals surface area contributed by atoms with E-state index in [0.29, 0.717) is 6.42 Å². The molecule has 0 saturated carbocycles. The second kappa shape index (κ2) is 4.12. The summed E-state index contributed by atoms with van der Waals surface area (Å²) in [4.78, 5) is 9.64. The van der Waals surface area contributed by atoms with Crippen LogP contribution in [0.3, 0.4) is 0 Å². The molecule has 0 bridgehead atoms. The highest BCUT2D eigenvalue weighted by molar-refractivity contribution is 5.79. The number of hydrogen-bond donors (Lipinski definition) is 0. The number of rotatable bonds is 3. The van der Waals surface area contributed by atoms with Crippen molar-refractivity contribution in [2.45, 2.75) is 6.42 Å². The number of allylic oxidation sites excluding steroid dienone is 2. The molecule has 0 aliphatic carbocycles. The minimum atomic E-state index is -1.16. The van der Waals surface area contributed by atoms with Crippen LogP contribution in [0, 0.1) is 0 Å². The average molecular weight is 111 g/mol. The summed E-state index contributed by atoms with van der Waals surface area (Å²) in [6.07, 6.45) is 4.65. The normalized spacial score (nSPS) is 9.50. The third kappa shape index (κ3) is 4.95. The van der Waals surface area contributed by atoms with Gasteiger partial charge in [0, 0.05) is 6.08 Å². The highest BCUT2D eigenvalue weighted by Gasteiger charge is 1.84. The number of hydrogen-bond acceptors (Lipinski definition) is 1. The van der Waals surface area contributed by atoms with Crippen LogP contribution in [0.15, 0.2) is 24.8 Å². The predicted molar refractivity (Wildman–Crippen MR) is 29.6 cm³/mol. The van der Waals surface area contributed by atoms with Crippen molar-refractivity contribution < 1.29 is 9.90 Å². The Morgan fingerprint density at radius 3 is 2.62 bits per heavy atom. The Morgan fingerprint density at radius 1 is 1.62 bits per heavy atom. The molecule has 0 unspecified atom stereocenters. The quantitative estimate of drug-likeness (QED) is 0.396. The maximum Gasteiger partial charge on any atom is 0.378 e. The van der Waals surface area contributed by atoms with Gasteiger partial charge in [-0.05, 0) is 6.42 Å². The van der Waals surface area contributed by atoms with E-state index < -0.39 is 5.97 Å². The van der Waals surface area contributed by atoms with Gasteiger partial charge < -0.3 is 0 Å². The van der Waals surface area contributed by atoms with E-state index in [2.05, 4.69) is 6.58 Å². The average Bonchev–Trinajstić information content (AvgIpc) is 1.66. The first-order chi connectivity index (χ1) is 3.77. The summed E-state index contributed by atoms with van der Waals surface area (Å²) in [6, 6.07) is 0. The van der Waals surface area contributed by atoms with Crippen LogP contribution in [0.25, 0.3) is 0 Å². The zero-order valence-electron chi connectivity index (χ0n) is 4.46. The molecule has 8 heavy (non-hydrogen) atoms. The lowest BCUT2D eigenvalue weighted by Crippen LogP contribution is -1.81. The molecule has 0 aliphatic rings. The first kappa shape index (κ1) is 6.95. The molecule has 1 radical (unpaired) electrons. The zero-order valence-corrected chi connectivity index (χ0v) is 4.46. The largest absolute Gasteiger partial charge is 0.378 e. The molecular formula is C6H7O2. The van der Waals surface area contributed by atoms with Crippen molar-refractivity contribution in [2.24, 2.45) is 0 Å². The molecule has 0 rings (SSSR count). The lowest BCUT2D eigenvalue weighted by Gasteiger charge is -1.72. The predicted octanol–water partition coefficient (Wildman–Crippen LogP) is 1.08. The molecule has 0 fully saturated rings. The van der Waals surface area contributed by atoms with Crippen molar-refractivity contribution >= 4 is 5.97 Å². The zero-order chi connectivity index (χ0) is 6.41. The van der Waals surface area contributed by atoms with Crippen molar-refractivity contribution in [1.29, 1.82) is 0 Å². The molecule has 43 valence electrons. The topological polar surface area (TPSA) is 37.0 Å². The van der Waals surface area contributed by atoms with Crippen molar-refractivity contribution in [2.75, 3.05) is 0 Å². The van der Waals surface area contributed by atoms with Crippen molar-refractivity contribution in [3.05, 3.63) is 24.8 Å². The molecule has 0 heterocycles. The van der Waals surface area contributed by atoms with E-state index in [1.165, 1.54) is 6.08 Å². The molecule has 0 spiro atoms. The van der Waals surface area contributed by atoms with Crippen LogP contribution in [0.1, 0.15) is 6.42 Å². The summed E-state index contributed by atoms with van der Waals surface area (Å²) in [5.74, 6) is -1.16. The van der Waals surface area contributed by atoms with Gasteiger partial charge in [0.15, 0.2) is 0 Å². The van der Waals surface area contributed by atoms with E-state index in [-0.39, 0.29) is 0 Å². The molecule has 0 N–H and O–H groups in total. The Morgan fingerprint density at radius 2 is 2.25 bits per heavy atom. The van der Waals surface area contributed by atoms with Gasteiger partial charge in [0.2, 0.25) is 0 Å². The first-order valence-electron chi connectivity index (χ1n) is 2.26. The summed E-state index contributed by atoms with van der Waals surface area (Å²) < 4.78 is 0. The minimum absolute atomic E-state index is 0.577. The van der Waals surface area contributed by atoms with Crippen LogP contribution < -0.4 is 0 Å². The highest BCUT2D eigenvalue weighted by Crippen LogP contribution is 1.81. The summed E-state index contributed by atoms with van der Waals surface area (Å²) >= 11 is 0.